The van der Waals surface area contributed by atoms with E-state index >= 15 is 0 Å². The summed E-state index contributed by atoms with van der Waals surface area (Å²) in [4.78, 5) is 10.9. The normalized spacial score (nSPS) is 9.73. The fraction of sp³-hybridized carbons (Fsp3) is 0.182. The van der Waals surface area contributed by atoms with Crippen molar-refractivity contribution >= 4 is 17.5 Å². The maximum atomic E-state index is 10.9. The molecule has 0 fully saturated rings. The van der Waals surface area contributed by atoms with Crippen LogP contribution in [-0.2, 0) is 0 Å². The Morgan fingerprint density at radius 2 is 2.27 bits per heavy atom. The summed E-state index contributed by atoms with van der Waals surface area (Å²) in [7, 11) is 0. The van der Waals surface area contributed by atoms with Gasteiger partial charge in [-0.1, -0.05) is 18.2 Å². The number of benzene rings is 1. The Kier molecular flexibility index (Phi) is 3.74. The highest BCUT2D eigenvalue weighted by Crippen LogP contribution is 2.22. The van der Waals surface area contributed by atoms with Crippen molar-refractivity contribution in [2.24, 2.45) is 5.73 Å². The molecule has 1 amide bonds. The second-order valence-electron chi connectivity index (χ2n) is 3.25. The lowest BCUT2D eigenvalue weighted by molar-refractivity contribution is 0.100. The Morgan fingerprint density at radius 3 is 2.73 bits per heavy atom. The molecule has 0 bridgehead atoms. The summed E-state index contributed by atoms with van der Waals surface area (Å²) >= 11 is 5.84. The van der Waals surface area contributed by atoms with Gasteiger partial charge in [0.05, 0.1) is 10.6 Å². The molecule has 1 rings (SSSR count). The van der Waals surface area contributed by atoms with Gasteiger partial charge in [0.25, 0.3) is 0 Å². The molecule has 0 unspecified atom stereocenters. The van der Waals surface area contributed by atoms with E-state index in [-0.39, 0.29) is 0 Å². The van der Waals surface area contributed by atoms with Crippen LogP contribution in [-0.4, -0.2) is 12.5 Å². The van der Waals surface area contributed by atoms with Crippen LogP contribution in [0.4, 0.5) is 0 Å². The van der Waals surface area contributed by atoms with Crippen molar-refractivity contribution in [2.45, 2.75) is 6.92 Å². The van der Waals surface area contributed by atoms with Gasteiger partial charge in [0.15, 0.2) is 0 Å². The topological polar surface area (TPSA) is 52.3 Å². The molecule has 0 saturated carbocycles. The molecule has 80 valence electrons. The number of hydrogen-bond donors (Lipinski definition) is 1. The first-order valence-corrected chi connectivity index (χ1v) is 4.75. The summed E-state index contributed by atoms with van der Waals surface area (Å²) in [6, 6.07) is 4.75. The number of rotatable bonds is 4. The molecule has 0 aliphatic rings. The Hall–Kier alpha value is -1.48. The Morgan fingerprint density at radius 1 is 1.60 bits per heavy atom. The lowest BCUT2D eigenvalue weighted by atomic mass is 10.2. The van der Waals surface area contributed by atoms with E-state index in [1.54, 1.807) is 18.2 Å². The summed E-state index contributed by atoms with van der Waals surface area (Å²) in [5, 5.41) is 0.293. The highest BCUT2D eigenvalue weighted by atomic mass is 35.5. The van der Waals surface area contributed by atoms with Crippen molar-refractivity contribution in [3.05, 3.63) is 40.9 Å². The fourth-order valence-corrected chi connectivity index (χ4v) is 1.26. The zero-order valence-electron chi connectivity index (χ0n) is 8.42. The van der Waals surface area contributed by atoms with E-state index in [2.05, 4.69) is 6.58 Å². The summed E-state index contributed by atoms with van der Waals surface area (Å²) in [6.45, 7) is 5.99. The lowest BCUT2D eigenvalue weighted by Crippen LogP contribution is -2.11. The number of hydrogen-bond acceptors (Lipinski definition) is 2. The molecular formula is C11H12ClNO2. The molecule has 15 heavy (non-hydrogen) atoms. The Balaban J connectivity index is 2.82. The molecule has 0 spiro atoms. The van der Waals surface area contributed by atoms with E-state index in [1.165, 1.54) is 0 Å². The van der Waals surface area contributed by atoms with Crippen LogP contribution in [0.3, 0.4) is 0 Å². The molecule has 1 aromatic carbocycles. The van der Waals surface area contributed by atoms with Gasteiger partial charge in [0, 0.05) is 0 Å². The predicted octanol–water partition coefficient (Wildman–Crippen LogP) is 2.39. The van der Waals surface area contributed by atoms with Crippen molar-refractivity contribution in [3.8, 4) is 5.75 Å². The molecule has 0 atom stereocenters. The van der Waals surface area contributed by atoms with Crippen molar-refractivity contribution in [1.29, 1.82) is 0 Å². The van der Waals surface area contributed by atoms with Gasteiger partial charge < -0.3 is 10.5 Å². The van der Waals surface area contributed by atoms with Crippen LogP contribution in [0.15, 0.2) is 30.4 Å². The van der Waals surface area contributed by atoms with E-state index < -0.39 is 5.91 Å². The van der Waals surface area contributed by atoms with Gasteiger partial charge in [0.2, 0.25) is 5.91 Å². The number of carbonyl (C=O) groups is 1. The zero-order valence-corrected chi connectivity index (χ0v) is 9.17. The molecule has 1 aromatic rings. The molecule has 0 radical (unpaired) electrons. The van der Waals surface area contributed by atoms with Crippen LogP contribution < -0.4 is 10.5 Å². The summed E-state index contributed by atoms with van der Waals surface area (Å²) < 4.78 is 5.35. The maximum absolute atomic E-state index is 10.9. The van der Waals surface area contributed by atoms with Crippen LogP contribution >= 0.6 is 11.6 Å². The maximum Gasteiger partial charge on any atom is 0.250 e. The number of carbonyl (C=O) groups excluding carboxylic acids is 1. The van der Waals surface area contributed by atoms with Crippen LogP contribution in [0.25, 0.3) is 0 Å². The average molecular weight is 226 g/mol. The minimum atomic E-state index is -0.550. The Bertz CT molecular complexity index is 402. The largest absolute Gasteiger partial charge is 0.489 e. The molecule has 0 aliphatic heterocycles. The molecule has 0 saturated heterocycles. The third-order valence-corrected chi connectivity index (χ3v) is 2.00. The minimum absolute atomic E-state index is 0.291. The van der Waals surface area contributed by atoms with Crippen LogP contribution in [0.1, 0.15) is 17.3 Å². The monoisotopic (exact) mass is 225 g/mol. The molecule has 3 nitrogen and oxygen atoms in total. The van der Waals surface area contributed by atoms with Gasteiger partial charge >= 0.3 is 0 Å². The van der Waals surface area contributed by atoms with Crippen molar-refractivity contribution < 1.29 is 9.53 Å². The van der Waals surface area contributed by atoms with Gasteiger partial charge in [-0.15, -0.1) is 0 Å². The first-order chi connectivity index (χ1) is 7.00. The second kappa shape index (κ2) is 4.84. The Labute approximate surface area is 93.5 Å². The number of ether oxygens (including phenoxy) is 1. The quantitative estimate of drug-likeness (QED) is 0.800. The van der Waals surface area contributed by atoms with Gasteiger partial charge in [-0.3, -0.25) is 4.79 Å². The fourth-order valence-electron chi connectivity index (χ4n) is 0.992. The number of nitrogens with two attached hydrogens (primary N) is 1. The lowest BCUT2D eigenvalue weighted by Gasteiger charge is -2.07. The van der Waals surface area contributed by atoms with E-state index in [9.17, 15) is 4.79 Å². The van der Waals surface area contributed by atoms with E-state index in [0.717, 1.165) is 5.57 Å². The molecule has 0 aliphatic carbocycles. The number of primary amides is 1. The van der Waals surface area contributed by atoms with E-state index in [0.29, 0.717) is 22.9 Å². The number of amides is 1. The first-order valence-electron chi connectivity index (χ1n) is 4.37. The standard InChI is InChI=1S/C11H12ClNO2/c1-7(2)6-15-8-3-4-9(11(13)14)10(12)5-8/h3-5H,1,6H2,2H3,(H2,13,14). The van der Waals surface area contributed by atoms with E-state index in [4.69, 9.17) is 22.1 Å². The number of halogens is 1. The van der Waals surface area contributed by atoms with Crippen molar-refractivity contribution in [1.82, 2.24) is 0 Å². The van der Waals surface area contributed by atoms with Crippen molar-refractivity contribution in [2.75, 3.05) is 6.61 Å². The van der Waals surface area contributed by atoms with E-state index in [1.807, 2.05) is 6.92 Å². The van der Waals surface area contributed by atoms with Crippen LogP contribution in [0, 0.1) is 0 Å². The second-order valence-corrected chi connectivity index (χ2v) is 3.66. The van der Waals surface area contributed by atoms with Gasteiger partial charge in [-0.05, 0) is 30.7 Å². The SMILES string of the molecule is C=C(C)COc1ccc(C(N)=O)c(Cl)c1. The highest BCUT2D eigenvalue weighted by Gasteiger charge is 2.07. The molecular weight excluding hydrogens is 214 g/mol. The third-order valence-electron chi connectivity index (χ3n) is 1.69. The van der Waals surface area contributed by atoms with Crippen LogP contribution in [0.5, 0.6) is 5.75 Å². The summed E-state index contributed by atoms with van der Waals surface area (Å²) in [6.07, 6.45) is 0. The van der Waals surface area contributed by atoms with Crippen molar-refractivity contribution in [3.63, 3.8) is 0 Å². The van der Waals surface area contributed by atoms with Gasteiger partial charge in [0.1, 0.15) is 12.4 Å². The molecule has 4 heteroatoms. The first kappa shape index (κ1) is 11.6. The average Bonchev–Trinajstić information content (AvgIpc) is 2.14. The smallest absolute Gasteiger partial charge is 0.250 e. The summed E-state index contributed by atoms with van der Waals surface area (Å²) in [5.74, 6) is 0.0412. The molecule has 2 N–H and O–H groups in total. The van der Waals surface area contributed by atoms with Gasteiger partial charge in [-0.2, -0.15) is 0 Å². The minimum Gasteiger partial charge on any atom is -0.489 e. The third kappa shape index (κ3) is 3.29. The summed E-state index contributed by atoms with van der Waals surface area (Å²) in [5.41, 5.74) is 6.31. The predicted molar refractivity (Wildman–Crippen MR) is 60.3 cm³/mol. The highest BCUT2D eigenvalue weighted by molar-refractivity contribution is 6.33. The van der Waals surface area contributed by atoms with Gasteiger partial charge in [-0.25, -0.2) is 0 Å². The van der Waals surface area contributed by atoms with Crippen LogP contribution in [0.2, 0.25) is 5.02 Å². The molecule has 0 heterocycles. The zero-order chi connectivity index (χ0) is 11.4. The molecule has 0 aromatic heterocycles.